The first-order valence-electron chi connectivity index (χ1n) is 5.08. The molecule has 0 radical (unpaired) electrons. The number of nitriles is 1. The van der Waals surface area contributed by atoms with Crippen molar-refractivity contribution >= 4 is 5.91 Å². The molecular formula is C12H14N2O3. The van der Waals surface area contributed by atoms with E-state index in [0.29, 0.717) is 17.1 Å². The Balaban J connectivity index is 2.91. The first kappa shape index (κ1) is 12.8. The van der Waals surface area contributed by atoms with Gasteiger partial charge in [-0.3, -0.25) is 4.79 Å². The topological polar surface area (TPSA) is 71.3 Å². The van der Waals surface area contributed by atoms with Crippen molar-refractivity contribution in [3.8, 4) is 17.6 Å². The van der Waals surface area contributed by atoms with Crippen molar-refractivity contribution in [3.05, 3.63) is 23.8 Å². The molecule has 1 aromatic rings. The third-order valence-electron chi connectivity index (χ3n) is 2.17. The van der Waals surface area contributed by atoms with E-state index in [-0.39, 0.29) is 5.91 Å². The molecule has 17 heavy (non-hydrogen) atoms. The van der Waals surface area contributed by atoms with Gasteiger partial charge in [0.05, 0.1) is 18.7 Å². The van der Waals surface area contributed by atoms with Gasteiger partial charge in [0.25, 0.3) is 5.91 Å². The summed E-state index contributed by atoms with van der Waals surface area (Å²) in [6, 6.07) is 6.78. The Labute approximate surface area is 100.0 Å². The van der Waals surface area contributed by atoms with Crippen LogP contribution in [0.1, 0.15) is 12.5 Å². The van der Waals surface area contributed by atoms with Gasteiger partial charge in [-0.05, 0) is 19.1 Å². The number of likely N-dealkylation sites (N-methyl/N-ethyl adjacent to an activating group) is 1. The van der Waals surface area contributed by atoms with Crippen LogP contribution in [0.15, 0.2) is 18.2 Å². The summed E-state index contributed by atoms with van der Waals surface area (Å²) < 4.78 is 10.4. The molecule has 0 spiro atoms. The van der Waals surface area contributed by atoms with Gasteiger partial charge in [-0.2, -0.15) is 5.26 Å². The molecule has 0 aromatic heterocycles. The summed E-state index contributed by atoms with van der Waals surface area (Å²) in [5.41, 5.74) is 0.420. The zero-order chi connectivity index (χ0) is 12.8. The van der Waals surface area contributed by atoms with Gasteiger partial charge < -0.3 is 14.8 Å². The average Bonchev–Trinajstić information content (AvgIpc) is 2.36. The molecule has 90 valence electrons. The lowest BCUT2D eigenvalue weighted by Gasteiger charge is -2.14. The quantitative estimate of drug-likeness (QED) is 0.846. The van der Waals surface area contributed by atoms with E-state index in [1.807, 2.05) is 6.07 Å². The van der Waals surface area contributed by atoms with Crippen molar-refractivity contribution in [2.24, 2.45) is 0 Å². The molecule has 1 aromatic carbocycles. The van der Waals surface area contributed by atoms with E-state index in [4.69, 9.17) is 14.7 Å². The summed E-state index contributed by atoms with van der Waals surface area (Å²) in [5.74, 6) is 0.714. The standard InChI is InChI=1S/C12H14N2O3/c1-8(12(15)14-2)17-11-5-9(7-13)4-10(6-11)16-3/h4-6,8H,1-3H3,(H,14,15). The van der Waals surface area contributed by atoms with Crippen molar-refractivity contribution < 1.29 is 14.3 Å². The number of benzene rings is 1. The summed E-state index contributed by atoms with van der Waals surface area (Å²) in [7, 11) is 3.04. The summed E-state index contributed by atoms with van der Waals surface area (Å²) in [6.45, 7) is 1.63. The third kappa shape index (κ3) is 3.38. The molecule has 1 unspecified atom stereocenters. The molecule has 0 heterocycles. The minimum atomic E-state index is -0.626. The van der Waals surface area contributed by atoms with E-state index in [0.717, 1.165) is 0 Å². The third-order valence-corrected chi connectivity index (χ3v) is 2.17. The van der Waals surface area contributed by atoms with Crippen molar-refractivity contribution in [1.82, 2.24) is 5.32 Å². The second-order valence-corrected chi connectivity index (χ2v) is 3.38. The number of nitrogens with one attached hydrogen (secondary N) is 1. The predicted octanol–water partition coefficient (Wildman–Crippen LogP) is 1.08. The molecule has 1 N–H and O–H groups in total. The minimum absolute atomic E-state index is 0.230. The van der Waals surface area contributed by atoms with E-state index >= 15 is 0 Å². The Morgan fingerprint density at radius 2 is 2.06 bits per heavy atom. The zero-order valence-corrected chi connectivity index (χ0v) is 9.98. The number of rotatable bonds is 4. The molecule has 1 amide bonds. The molecule has 1 rings (SSSR count). The molecule has 5 nitrogen and oxygen atoms in total. The maximum atomic E-state index is 11.3. The fourth-order valence-corrected chi connectivity index (χ4v) is 1.28. The first-order valence-corrected chi connectivity index (χ1v) is 5.08. The molecule has 1 atom stereocenters. The van der Waals surface area contributed by atoms with Crippen LogP contribution in [0.2, 0.25) is 0 Å². The fourth-order valence-electron chi connectivity index (χ4n) is 1.28. The van der Waals surface area contributed by atoms with Gasteiger partial charge in [0.2, 0.25) is 0 Å². The highest BCUT2D eigenvalue weighted by Gasteiger charge is 2.13. The number of carbonyl (C=O) groups is 1. The van der Waals surface area contributed by atoms with Gasteiger partial charge in [0.15, 0.2) is 6.10 Å². The van der Waals surface area contributed by atoms with Crippen LogP contribution >= 0.6 is 0 Å². The normalized spacial score (nSPS) is 11.2. The SMILES string of the molecule is CNC(=O)C(C)Oc1cc(C#N)cc(OC)c1. The van der Waals surface area contributed by atoms with Crippen molar-refractivity contribution in [2.45, 2.75) is 13.0 Å². The molecule has 0 bridgehead atoms. The monoisotopic (exact) mass is 234 g/mol. The van der Waals surface area contributed by atoms with Crippen LogP contribution in [0.25, 0.3) is 0 Å². The van der Waals surface area contributed by atoms with Crippen LogP contribution in [0.5, 0.6) is 11.5 Å². The lowest BCUT2D eigenvalue weighted by Crippen LogP contribution is -2.33. The number of methoxy groups -OCH3 is 1. The number of nitrogens with zero attached hydrogens (tertiary/aromatic N) is 1. The Morgan fingerprint density at radius 3 is 2.59 bits per heavy atom. The van der Waals surface area contributed by atoms with Crippen LogP contribution in [-0.2, 0) is 4.79 Å². The number of hydrogen-bond donors (Lipinski definition) is 1. The lowest BCUT2D eigenvalue weighted by atomic mass is 10.2. The van der Waals surface area contributed by atoms with Crippen molar-refractivity contribution in [3.63, 3.8) is 0 Å². The molecule has 0 aliphatic heterocycles. The number of carbonyl (C=O) groups excluding carboxylic acids is 1. The zero-order valence-electron chi connectivity index (χ0n) is 9.98. The molecule has 0 saturated heterocycles. The number of hydrogen-bond acceptors (Lipinski definition) is 4. The van der Waals surface area contributed by atoms with E-state index in [2.05, 4.69) is 5.32 Å². The maximum Gasteiger partial charge on any atom is 0.260 e. The van der Waals surface area contributed by atoms with Crippen LogP contribution in [0.4, 0.5) is 0 Å². The van der Waals surface area contributed by atoms with Crippen molar-refractivity contribution in [2.75, 3.05) is 14.2 Å². The predicted molar refractivity (Wildman–Crippen MR) is 61.9 cm³/mol. The minimum Gasteiger partial charge on any atom is -0.497 e. The van der Waals surface area contributed by atoms with Crippen LogP contribution in [0, 0.1) is 11.3 Å². The van der Waals surface area contributed by atoms with E-state index in [9.17, 15) is 4.79 Å². The second kappa shape index (κ2) is 5.75. The number of amides is 1. The van der Waals surface area contributed by atoms with Gasteiger partial charge >= 0.3 is 0 Å². The van der Waals surface area contributed by atoms with E-state index in [1.165, 1.54) is 14.2 Å². The highest BCUT2D eigenvalue weighted by molar-refractivity contribution is 5.80. The Bertz CT molecular complexity index is 452. The first-order chi connectivity index (χ1) is 8.10. The van der Waals surface area contributed by atoms with Crippen LogP contribution in [0.3, 0.4) is 0 Å². The highest BCUT2D eigenvalue weighted by Crippen LogP contribution is 2.23. The summed E-state index contributed by atoms with van der Waals surface area (Å²) in [6.07, 6.45) is -0.626. The van der Waals surface area contributed by atoms with Gasteiger partial charge in [-0.1, -0.05) is 0 Å². The molecule has 0 saturated carbocycles. The molecule has 0 aliphatic carbocycles. The molecular weight excluding hydrogens is 220 g/mol. The lowest BCUT2D eigenvalue weighted by molar-refractivity contribution is -0.126. The van der Waals surface area contributed by atoms with Crippen molar-refractivity contribution in [1.29, 1.82) is 5.26 Å². The molecule has 5 heteroatoms. The summed E-state index contributed by atoms with van der Waals surface area (Å²) in [5, 5.41) is 11.3. The van der Waals surface area contributed by atoms with Gasteiger partial charge in [-0.25, -0.2) is 0 Å². The average molecular weight is 234 g/mol. The van der Waals surface area contributed by atoms with Gasteiger partial charge in [0.1, 0.15) is 11.5 Å². The Kier molecular flexibility index (Phi) is 4.35. The summed E-state index contributed by atoms with van der Waals surface area (Å²) >= 11 is 0. The van der Waals surface area contributed by atoms with E-state index < -0.39 is 6.10 Å². The summed E-state index contributed by atoms with van der Waals surface area (Å²) in [4.78, 5) is 11.3. The molecule has 0 aliphatic rings. The largest absolute Gasteiger partial charge is 0.497 e. The number of ether oxygens (including phenoxy) is 2. The van der Waals surface area contributed by atoms with Gasteiger partial charge in [-0.15, -0.1) is 0 Å². The Hall–Kier alpha value is -2.22. The van der Waals surface area contributed by atoms with Crippen LogP contribution < -0.4 is 14.8 Å². The highest BCUT2D eigenvalue weighted by atomic mass is 16.5. The Morgan fingerprint density at radius 1 is 1.41 bits per heavy atom. The maximum absolute atomic E-state index is 11.3. The van der Waals surface area contributed by atoms with Gasteiger partial charge in [0, 0.05) is 13.1 Å². The van der Waals surface area contributed by atoms with Crippen LogP contribution in [-0.4, -0.2) is 26.2 Å². The molecule has 0 fully saturated rings. The fraction of sp³-hybridized carbons (Fsp3) is 0.333. The second-order valence-electron chi connectivity index (χ2n) is 3.38. The van der Waals surface area contributed by atoms with E-state index in [1.54, 1.807) is 25.1 Å². The smallest absolute Gasteiger partial charge is 0.260 e.